The Kier molecular flexibility index (Phi) is 3.43. The summed E-state index contributed by atoms with van der Waals surface area (Å²) < 4.78 is 0. The molecule has 1 nitrogen and oxygen atoms in total. The third kappa shape index (κ3) is 2.33. The minimum atomic E-state index is 0.782. The van der Waals surface area contributed by atoms with E-state index in [1.807, 2.05) is 0 Å². The number of fused-ring (bicyclic) bond motifs is 1. The number of aryl methyl sites for hydroxylation is 1. The maximum atomic E-state index is 2.75. The summed E-state index contributed by atoms with van der Waals surface area (Å²) in [5.41, 5.74) is 2.94. The lowest BCUT2D eigenvalue weighted by Gasteiger charge is -2.45. The van der Waals surface area contributed by atoms with Gasteiger partial charge in [0.2, 0.25) is 0 Å². The summed E-state index contributed by atoms with van der Waals surface area (Å²) in [4.78, 5) is 2.75. The van der Waals surface area contributed by atoms with Gasteiger partial charge >= 0.3 is 0 Å². The Morgan fingerprint density at radius 2 is 1.89 bits per heavy atom. The molecule has 0 radical (unpaired) electrons. The fraction of sp³-hybridized carbons (Fsp3) is 0.647. The van der Waals surface area contributed by atoms with Crippen LogP contribution in [0.3, 0.4) is 0 Å². The van der Waals surface area contributed by atoms with Crippen molar-refractivity contribution in [2.75, 3.05) is 13.1 Å². The molecule has 3 atom stereocenters. The summed E-state index contributed by atoms with van der Waals surface area (Å²) in [7, 11) is 0. The Labute approximate surface area is 111 Å². The van der Waals surface area contributed by atoms with Crippen LogP contribution < -0.4 is 0 Å². The fourth-order valence-corrected chi connectivity index (χ4v) is 3.87. The second-order valence-electron chi connectivity index (χ2n) is 6.37. The van der Waals surface area contributed by atoms with Crippen molar-refractivity contribution in [3.8, 4) is 0 Å². The monoisotopic (exact) mass is 243 g/mol. The molecule has 98 valence electrons. The normalized spacial score (nSPS) is 33.1. The maximum absolute atomic E-state index is 2.75. The predicted molar refractivity (Wildman–Crippen MR) is 76.9 cm³/mol. The van der Waals surface area contributed by atoms with Crippen LogP contribution in [0.4, 0.5) is 0 Å². The van der Waals surface area contributed by atoms with Crippen LogP contribution in [0.5, 0.6) is 0 Å². The summed E-state index contributed by atoms with van der Waals surface area (Å²) in [5.74, 6) is 1.59. The molecule has 18 heavy (non-hydrogen) atoms. The summed E-state index contributed by atoms with van der Waals surface area (Å²) >= 11 is 0. The van der Waals surface area contributed by atoms with Gasteiger partial charge in [-0.2, -0.15) is 0 Å². The summed E-state index contributed by atoms with van der Waals surface area (Å²) in [6, 6.07) is 10.1. The van der Waals surface area contributed by atoms with Crippen LogP contribution in [0.1, 0.15) is 49.7 Å². The van der Waals surface area contributed by atoms with Gasteiger partial charge in [0, 0.05) is 12.6 Å². The molecule has 2 aliphatic rings. The first-order valence-corrected chi connectivity index (χ1v) is 7.54. The summed E-state index contributed by atoms with van der Waals surface area (Å²) in [5, 5.41) is 0. The average Bonchev–Trinajstić information content (AvgIpc) is 2.39. The van der Waals surface area contributed by atoms with E-state index in [0.29, 0.717) is 0 Å². The van der Waals surface area contributed by atoms with E-state index in [2.05, 4.69) is 43.0 Å². The molecule has 2 fully saturated rings. The standard InChI is InChI=1S/C17H25N/c1-13-6-8-15(9-7-13)17-11-16-5-3-4-10-18(16)12-14(17)2/h6-9,14,16-17H,3-5,10-12H2,1-2H3/t14-,16?,17-/m1/s1. The van der Waals surface area contributed by atoms with Gasteiger partial charge in [0.15, 0.2) is 0 Å². The van der Waals surface area contributed by atoms with Crippen LogP contribution in [-0.4, -0.2) is 24.0 Å². The van der Waals surface area contributed by atoms with Crippen LogP contribution in [0.2, 0.25) is 0 Å². The SMILES string of the molecule is Cc1ccc([C@@H]2CC3CCCCN3C[C@H]2C)cc1. The van der Waals surface area contributed by atoms with E-state index >= 15 is 0 Å². The molecule has 1 unspecified atom stereocenters. The second kappa shape index (κ2) is 5.05. The lowest BCUT2D eigenvalue weighted by atomic mass is 9.76. The van der Waals surface area contributed by atoms with Gasteiger partial charge in [-0.15, -0.1) is 0 Å². The molecule has 0 amide bonds. The molecule has 1 aromatic rings. The Morgan fingerprint density at radius 1 is 1.11 bits per heavy atom. The van der Waals surface area contributed by atoms with Crippen molar-refractivity contribution in [1.29, 1.82) is 0 Å². The van der Waals surface area contributed by atoms with Crippen molar-refractivity contribution in [3.63, 3.8) is 0 Å². The van der Waals surface area contributed by atoms with Crippen LogP contribution >= 0.6 is 0 Å². The van der Waals surface area contributed by atoms with Crippen molar-refractivity contribution in [2.45, 2.75) is 51.5 Å². The Morgan fingerprint density at radius 3 is 2.67 bits per heavy atom. The number of benzene rings is 1. The molecular formula is C17H25N. The summed E-state index contributed by atoms with van der Waals surface area (Å²) in [6.45, 7) is 7.27. The molecule has 0 spiro atoms. The van der Waals surface area contributed by atoms with Gasteiger partial charge < -0.3 is 4.90 Å². The quantitative estimate of drug-likeness (QED) is 0.721. The van der Waals surface area contributed by atoms with Gasteiger partial charge in [-0.1, -0.05) is 43.2 Å². The Balaban J connectivity index is 1.77. The second-order valence-corrected chi connectivity index (χ2v) is 6.37. The number of hydrogen-bond donors (Lipinski definition) is 0. The zero-order valence-electron chi connectivity index (χ0n) is 11.7. The first-order valence-electron chi connectivity index (χ1n) is 7.54. The lowest BCUT2D eigenvalue weighted by Crippen LogP contribution is -2.48. The first-order chi connectivity index (χ1) is 8.74. The number of hydrogen-bond acceptors (Lipinski definition) is 1. The minimum Gasteiger partial charge on any atom is -0.300 e. The van der Waals surface area contributed by atoms with Gasteiger partial charge in [-0.25, -0.2) is 0 Å². The molecule has 0 aliphatic carbocycles. The highest BCUT2D eigenvalue weighted by atomic mass is 15.2. The molecule has 2 aliphatic heterocycles. The molecular weight excluding hydrogens is 218 g/mol. The van der Waals surface area contributed by atoms with E-state index in [1.54, 1.807) is 5.56 Å². The Bertz CT molecular complexity index is 395. The first kappa shape index (κ1) is 12.2. The van der Waals surface area contributed by atoms with Crippen LogP contribution in [0.25, 0.3) is 0 Å². The zero-order valence-corrected chi connectivity index (χ0v) is 11.7. The number of nitrogens with zero attached hydrogens (tertiary/aromatic N) is 1. The minimum absolute atomic E-state index is 0.782. The highest BCUT2D eigenvalue weighted by Crippen LogP contribution is 2.38. The highest BCUT2D eigenvalue weighted by Gasteiger charge is 2.34. The van der Waals surface area contributed by atoms with Gasteiger partial charge in [0.25, 0.3) is 0 Å². The highest BCUT2D eigenvalue weighted by molar-refractivity contribution is 5.26. The van der Waals surface area contributed by atoms with E-state index in [1.165, 1.54) is 44.3 Å². The van der Waals surface area contributed by atoms with Gasteiger partial charge in [0.05, 0.1) is 0 Å². The third-order valence-electron chi connectivity index (χ3n) is 4.99. The fourth-order valence-electron chi connectivity index (χ4n) is 3.87. The van der Waals surface area contributed by atoms with E-state index in [-0.39, 0.29) is 0 Å². The van der Waals surface area contributed by atoms with Crippen molar-refractivity contribution >= 4 is 0 Å². The van der Waals surface area contributed by atoms with Gasteiger partial charge in [-0.05, 0) is 50.1 Å². The molecule has 3 rings (SSSR count). The van der Waals surface area contributed by atoms with Crippen molar-refractivity contribution < 1.29 is 0 Å². The Hall–Kier alpha value is -0.820. The summed E-state index contributed by atoms with van der Waals surface area (Å²) in [6.07, 6.45) is 5.66. The number of rotatable bonds is 1. The molecule has 0 saturated carbocycles. The average molecular weight is 243 g/mol. The van der Waals surface area contributed by atoms with Crippen LogP contribution in [-0.2, 0) is 0 Å². The van der Waals surface area contributed by atoms with Gasteiger partial charge in [0.1, 0.15) is 0 Å². The molecule has 0 aromatic heterocycles. The van der Waals surface area contributed by atoms with Crippen molar-refractivity contribution in [3.05, 3.63) is 35.4 Å². The smallest absolute Gasteiger partial charge is 0.0101 e. The van der Waals surface area contributed by atoms with Gasteiger partial charge in [-0.3, -0.25) is 0 Å². The van der Waals surface area contributed by atoms with E-state index < -0.39 is 0 Å². The maximum Gasteiger partial charge on any atom is 0.0101 e. The topological polar surface area (TPSA) is 3.24 Å². The van der Waals surface area contributed by atoms with E-state index in [0.717, 1.165) is 17.9 Å². The third-order valence-corrected chi connectivity index (χ3v) is 4.99. The number of piperidine rings is 2. The lowest BCUT2D eigenvalue weighted by molar-refractivity contribution is 0.0665. The predicted octanol–water partition coefficient (Wildman–Crippen LogP) is 3.97. The van der Waals surface area contributed by atoms with Crippen LogP contribution in [0.15, 0.2) is 24.3 Å². The van der Waals surface area contributed by atoms with Crippen LogP contribution in [0, 0.1) is 12.8 Å². The largest absolute Gasteiger partial charge is 0.300 e. The van der Waals surface area contributed by atoms with Crippen molar-refractivity contribution in [1.82, 2.24) is 4.90 Å². The molecule has 1 heteroatoms. The molecule has 0 N–H and O–H groups in total. The molecule has 2 saturated heterocycles. The van der Waals surface area contributed by atoms with Crippen molar-refractivity contribution in [2.24, 2.45) is 5.92 Å². The molecule has 1 aromatic carbocycles. The zero-order chi connectivity index (χ0) is 12.5. The molecule has 0 bridgehead atoms. The van der Waals surface area contributed by atoms with E-state index in [4.69, 9.17) is 0 Å². The van der Waals surface area contributed by atoms with E-state index in [9.17, 15) is 0 Å². The molecule has 2 heterocycles.